The van der Waals surface area contributed by atoms with Crippen molar-refractivity contribution in [1.29, 1.82) is 0 Å². The number of aromatic amines is 1. The summed E-state index contributed by atoms with van der Waals surface area (Å²) in [6, 6.07) is 6.93. The molecule has 3 N–H and O–H groups in total. The standard InChI is InChI=1S/C11H10N2O2/c1-7(12-6-14)10-5-8-9(13-10)3-2-4-11(8)15/h2-6,13,15H,1H2,(H,12,14). The Labute approximate surface area is 86.2 Å². The molecule has 0 bridgehead atoms. The molecular weight excluding hydrogens is 192 g/mol. The van der Waals surface area contributed by atoms with E-state index in [-0.39, 0.29) is 5.75 Å². The first-order valence-corrected chi connectivity index (χ1v) is 4.42. The maximum atomic E-state index is 10.2. The smallest absolute Gasteiger partial charge is 0.211 e. The molecule has 0 spiro atoms. The third-order valence-electron chi connectivity index (χ3n) is 2.20. The van der Waals surface area contributed by atoms with Crippen LogP contribution in [0.2, 0.25) is 0 Å². The van der Waals surface area contributed by atoms with Crippen molar-refractivity contribution in [2.24, 2.45) is 0 Å². The molecule has 0 radical (unpaired) electrons. The van der Waals surface area contributed by atoms with Crippen LogP contribution in [-0.2, 0) is 4.79 Å². The van der Waals surface area contributed by atoms with E-state index in [1.165, 1.54) is 0 Å². The summed E-state index contributed by atoms with van der Waals surface area (Å²) in [6.45, 7) is 3.68. The number of rotatable bonds is 3. The summed E-state index contributed by atoms with van der Waals surface area (Å²) in [7, 11) is 0. The van der Waals surface area contributed by atoms with Crippen molar-refractivity contribution in [1.82, 2.24) is 10.3 Å². The molecule has 1 amide bonds. The molecule has 1 aromatic heterocycles. The van der Waals surface area contributed by atoms with Gasteiger partial charge in [0.2, 0.25) is 6.41 Å². The molecule has 0 unspecified atom stereocenters. The quantitative estimate of drug-likeness (QED) is 0.662. The van der Waals surface area contributed by atoms with Crippen LogP contribution in [0.5, 0.6) is 5.75 Å². The van der Waals surface area contributed by atoms with Crippen LogP contribution in [0.15, 0.2) is 30.8 Å². The molecule has 1 aromatic carbocycles. The van der Waals surface area contributed by atoms with Gasteiger partial charge in [0.1, 0.15) is 5.75 Å². The first-order chi connectivity index (χ1) is 7.22. The molecular formula is C11H10N2O2. The van der Waals surface area contributed by atoms with Crippen LogP contribution in [0.25, 0.3) is 16.6 Å². The maximum absolute atomic E-state index is 10.2. The highest BCUT2D eigenvalue weighted by Gasteiger charge is 2.06. The summed E-state index contributed by atoms with van der Waals surface area (Å²) >= 11 is 0. The Bertz CT molecular complexity index is 528. The van der Waals surface area contributed by atoms with Crippen molar-refractivity contribution in [2.75, 3.05) is 0 Å². The summed E-state index contributed by atoms with van der Waals surface area (Å²) < 4.78 is 0. The molecule has 0 aliphatic carbocycles. The van der Waals surface area contributed by atoms with E-state index in [1.54, 1.807) is 18.2 Å². The zero-order valence-electron chi connectivity index (χ0n) is 7.95. The number of phenolic OH excluding ortho intramolecular Hbond substituents is 1. The lowest BCUT2D eigenvalue weighted by Crippen LogP contribution is -2.07. The summed E-state index contributed by atoms with van der Waals surface area (Å²) in [5, 5.41) is 12.7. The van der Waals surface area contributed by atoms with Gasteiger partial charge in [-0.3, -0.25) is 4.79 Å². The molecule has 0 fully saturated rings. The van der Waals surface area contributed by atoms with Gasteiger partial charge in [-0.05, 0) is 18.2 Å². The summed E-state index contributed by atoms with van der Waals surface area (Å²) in [5.74, 6) is 0.203. The zero-order chi connectivity index (χ0) is 10.8. The van der Waals surface area contributed by atoms with Crippen LogP contribution < -0.4 is 5.32 Å². The number of H-pyrrole nitrogens is 1. The Hall–Kier alpha value is -2.23. The van der Waals surface area contributed by atoms with E-state index in [0.29, 0.717) is 23.2 Å². The van der Waals surface area contributed by atoms with Crippen LogP contribution in [0.1, 0.15) is 5.69 Å². The lowest BCUT2D eigenvalue weighted by molar-refractivity contribution is -0.108. The lowest BCUT2D eigenvalue weighted by atomic mass is 10.2. The molecule has 0 saturated carbocycles. The van der Waals surface area contributed by atoms with Gasteiger partial charge in [0.25, 0.3) is 0 Å². The van der Waals surface area contributed by atoms with Gasteiger partial charge in [-0.15, -0.1) is 0 Å². The van der Waals surface area contributed by atoms with E-state index >= 15 is 0 Å². The van der Waals surface area contributed by atoms with Crippen LogP contribution in [-0.4, -0.2) is 16.5 Å². The van der Waals surface area contributed by atoms with E-state index in [1.807, 2.05) is 6.07 Å². The number of phenols is 1. The van der Waals surface area contributed by atoms with E-state index in [0.717, 1.165) is 5.52 Å². The fourth-order valence-corrected chi connectivity index (χ4v) is 1.45. The van der Waals surface area contributed by atoms with Crippen molar-refractivity contribution in [3.63, 3.8) is 0 Å². The minimum Gasteiger partial charge on any atom is -0.507 e. The molecule has 76 valence electrons. The molecule has 4 heteroatoms. The van der Waals surface area contributed by atoms with Gasteiger partial charge in [0, 0.05) is 10.9 Å². The van der Waals surface area contributed by atoms with Crippen molar-refractivity contribution in [3.8, 4) is 5.75 Å². The number of aromatic nitrogens is 1. The van der Waals surface area contributed by atoms with Crippen LogP contribution in [0.4, 0.5) is 0 Å². The van der Waals surface area contributed by atoms with Gasteiger partial charge in [-0.25, -0.2) is 0 Å². The number of carbonyl (C=O) groups excluding carboxylic acids is 1. The monoisotopic (exact) mass is 202 g/mol. The van der Waals surface area contributed by atoms with Gasteiger partial charge in [-0.1, -0.05) is 12.6 Å². The van der Waals surface area contributed by atoms with Crippen molar-refractivity contribution >= 4 is 23.0 Å². The van der Waals surface area contributed by atoms with E-state index in [2.05, 4.69) is 16.9 Å². The third-order valence-corrected chi connectivity index (χ3v) is 2.20. The number of nitrogens with one attached hydrogen (secondary N) is 2. The van der Waals surface area contributed by atoms with Gasteiger partial charge in [0.15, 0.2) is 0 Å². The lowest BCUT2D eigenvalue weighted by Gasteiger charge is -1.97. The second-order valence-corrected chi connectivity index (χ2v) is 3.16. The van der Waals surface area contributed by atoms with Crippen LogP contribution in [0, 0.1) is 0 Å². The fourth-order valence-electron chi connectivity index (χ4n) is 1.45. The highest BCUT2D eigenvalue weighted by atomic mass is 16.3. The Morgan fingerprint density at radius 2 is 2.33 bits per heavy atom. The van der Waals surface area contributed by atoms with E-state index < -0.39 is 0 Å². The summed E-state index contributed by atoms with van der Waals surface area (Å²) in [4.78, 5) is 13.3. The normalized spacial score (nSPS) is 10.1. The highest BCUT2D eigenvalue weighted by Crippen LogP contribution is 2.26. The first-order valence-electron chi connectivity index (χ1n) is 4.42. The number of carbonyl (C=O) groups is 1. The minimum atomic E-state index is 0.203. The van der Waals surface area contributed by atoms with Gasteiger partial charge in [-0.2, -0.15) is 0 Å². The van der Waals surface area contributed by atoms with Gasteiger partial charge >= 0.3 is 0 Å². The molecule has 0 aliphatic heterocycles. The van der Waals surface area contributed by atoms with Crippen molar-refractivity contribution in [3.05, 3.63) is 36.5 Å². The molecule has 15 heavy (non-hydrogen) atoms. The Kier molecular flexibility index (Phi) is 2.17. The van der Waals surface area contributed by atoms with Gasteiger partial charge in [0.05, 0.1) is 11.4 Å². The third kappa shape index (κ3) is 1.57. The van der Waals surface area contributed by atoms with Crippen LogP contribution >= 0.6 is 0 Å². The Morgan fingerprint density at radius 1 is 1.53 bits per heavy atom. The minimum absolute atomic E-state index is 0.203. The Morgan fingerprint density at radius 3 is 3.00 bits per heavy atom. The van der Waals surface area contributed by atoms with Crippen LogP contribution in [0.3, 0.4) is 0 Å². The molecule has 0 aliphatic rings. The average Bonchev–Trinajstić information content (AvgIpc) is 2.63. The van der Waals surface area contributed by atoms with Crippen molar-refractivity contribution < 1.29 is 9.90 Å². The number of fused-ring (bicyclic) bond motifs is 1. The molecule has 1 heterocycles. The molecule has 0 atom stereocenters. The van der Waals surface area contributed by atoms with E-state index in [4.69, 9.17) is 0 Å². The summed E-state index contributed by atoms with van der Waals surface area (Å²) in [5.41, 5.74) is 1.96. The number of amides is 1. The predicted octanol–water partition coefficient (Wildman–Crippen LogP) is 1.59. The van der Waals surface area contributed by atoms with Gasteiger partial charge < -0.3 is 15.4 Å². The molecule has 2 rings (SSSR count). The predicted molar refractivity (Wildman–Crippen MR) is 58.2 cm³/mol. The number of aromatic hydroxyl groups is 1. The molecule has 4 nitrogen and oxygen atoms in total. The largest absolute Gasteiger partial charge is 0.507 e. The van der Waals surface area contributed by atoms with E-state index in [9.17, 15) is 9.90 Å². The SMILES string of the molecule is C=C(NC=O)c1cc2c(O)cccc2[nH]1. The number of benzene rings is 1. The Balaban J connectivity index is 2.51. The number of hydrogen-bond acceptors (Lipinski definition) is 2. The highest BCUT2D eigenvalue weighted by molar-refractivity contribution is 5.89. The average molecular weight is 202 g/mol. The zero-order valence-corrected chi connectivity index (χ0v) is 7.95. The topological polar surface area (TPSA) is 65.1 Å². The second kappa shape index (κ2) is 3.49. The molecule has 2 aromatic rings. The number of hydrogen-bond donors (Lipinski definition) is 3. The molecule has 0 saturated heterocycles. The first kappa shape index (κ1) is 9.33. The fraction of sp³-hybridized carbons (Fsp3) is 0. The second-order valence-electron chi connectivity index (χ2n) is 3.16. The summed E-state index contributed by atoms with van der Waals surface area (Å²) in [6.07, 6.45) is 0.563. The maximum Gasteiger partial charge on any atom is 0.211 e. The van der Waals surface area contributed by atoms with Crippen molar-refractivity contribution in [2.45, 2.75) is 0 Å².